The topological polar surface area (TPSA) is 115 Å². The van der Waals surface area contributed by atoms with E-state index < -0.39 is 23.5 Å². The molecule has 22 heavy (non-hydrogen) atoms. The molecule has 0 radical (unpaired) electrons. The van der Waals surface area contributed by atoms with Crippen LogP contribution in [0.25, 0.3) is 0 Å². The van der Waals surface area contributed by atoms with Crippen molar-refractivity contribution in [1.82, 2.24) is 0 Å². The van der Waals surface area contributed by atoms with Gasteiger partial charge in [-0.1, -0.05) is 26.0 Å². The Bertz CT molecular complexity index is 550. The highest BCUT2D eigenvalue weighted by Crippen LogP contribution is 2.02. The fourth-order valence-corrected chi connectivity index (χ4v) is 1.05. The smallest absolute Gasteiger partial charge is 0.380 e. The van der Waals surface area contributed by atoms with Crippen molar-refractivity contribution in [3.8, 4) is 0 Å². The van der Waals surface area contributed by atoms with Crippen LogP contribution in [0.2, 0.25) is 0 Å². The summed E-state index contributed by atoms with van der Waals surface area (Å²) in [4.78, 5) is 55.0. The zero-order valence-corrected chi connectivity index (χ0v) is 12.1. The number of ketones is 2. The van der Waals surface area contributed by atoms with Crippen molar-refractivity contribution in [1.29, 1.82) is 0 Å². The lowest BCUT2D eigenvalue weighted by molar-refractivity contribution is -0.154. The van der Waals surface area contributed by atoms with Crippen LogP contribution in [-0.2, 0) is 28.7 Å². The molecule has 0 aromatic carbocycles. The molecule has 0 spiro atoms. The highest BCUT2D eigenvalue weighted by atomic mass is 16.6. The Balaban J connectivity index is 4.68. The number of esters is 1. The van der Waals surface area contributed by atoms with Crippen molar-refractivity contribution in [3.05, 3.63) is 36.1 Å². The normalized spacial score (nSPS) is 11.9. The van der Waals surface area contributed by atoms with Crippen molar-refractivity contribution < 1.29 is 33.8 Å². The van der Waals surface area contributed by atoms with Gasteiger partial charge in [0.05, 0.1) is 0 Å². The van der Waals surface area contributed by atoms with Gasteiger partial charge >= 0.3 is 11.9 Å². The molecule has 7 heteroatoms. The molecule has 0 aliphatic rings. The molecule has 0 amide bonds. The van der Waals surface area contributed by atoms with Crippen molar-refractivity contribution in [2.24, 2.45) is 5.92 Å². The van der Waals surface area contributed by atoms with Crippen molar-refractivity contribution >= 4 is 29.8 Å². The Labute approximate surface area is 126 Å². The Hall–Kier alpha value is -2.83. The lowest BCUT2D eigenvalue weighted by Gasteiger charge is -2.02. The summed E-state index contributed by atoms with van der Waals surface area (Å²) in [5.41, 5.74) is 0. The number of carboxylic acid groups (broad SMARTS) is 1. The van der Waals surface area contributed by atoms with Crippen molar-refractivity contribution in [3.63, 3.8) is 0 Å². The van der Waals surface area contributed by atoms with Gasteiger partial charge < -0.3 is 9.84 Å². The summed E-state index contributed by atoms with van der Waals surface area (Å²) in [5, 5.41) is 8.78. The van der Waals surface area contributed by atoms with Crippen LogP contribution in [0.4, 0.5) is 0 Å². The highest BCUT2D eigenvalue weighted by molar-refractivity contribution is 6.34. The lowest BCUT2D eigenvalue weighted by Crippen LogP contribution is -2.19. The van der Waals surface area contributed by atoms with E-state index in [0.29, 0.717) is 6.29 Å². The van der Waals surface area contributed by atoms with Crippen LogP contribution in [0.5, 0.6) is 0 Å². The molecule has 7 nitrogen and oxygen atoms in total. The maximum absolute atomic E-state index is 11.5. The van der Waals surface area contributed by atoms with E-state index in [9.17, 15) is 24.0 Å². The predicted molar refractivity (Wildman–Crippen MR) is 75.6 cm³/mol. The van der Waals surface area contributed by atoms with Crippen molar-refractivity contribution in [2.75, 3.05) is 0 Å². The number of aliphatic carboxylic acids is 1. The number of carbonyl (C=O) groups is 5. The van der Waals surface area contributed by atoms with E-state index in [1.54, 1.807) is 13.8 Å². The van der Waals surface area contributed by atoms with Crippen LogP contribution in [0.1, 0.15) is 20.3 Å². The fourth-order valence-electron chi connectivity index (χ4n) is 1.05. The summed E-state index contributed by atoms with van der Waals surface area (Å²) in [6.07, 6.45) is 5.31. The third-order valence-electron chi connectivity index (χ3n) is 2.23. The van der Waals surface area contributed by atoms with Crippen LogP contribution in [0.15, 0.2) is 36.1 Å². The van der Waals surface area contributed by atoms with Gasteiger partial charge in [-0.15, -0.1) is 0 Å². The van der Waals surface area contributed by atoms with Gasteiger partial charge in [-0.05, 0) is 18.2 Å². The maximum Gasteiger partial charge on any atom is 0.380 e. The molecule has 118 valence electrons. The molecule has 0 heterocycles. The third kappa shape index (κ3) is 7.68. The fraction of sp³-hybridized carbons (Fsp3) is 0.267. The molecular weight excluding hydrogens is 292 g/mol. The second-order valence-corrected chi connectivity index (χ2v) is 4.33. The van der Waals surface area contributed by atoms with Crippen LogP contribution < -0.4 is 0 Å². The van der Waals surface area contributed by atoms with Gasteiger partial charge in [0, 0.05) is 12.3 Å². The molecule has 0 rings (SSSR count). The maximum atomic E-state index is 11.5. The summed E-state index contributed by atoms with van der Waals surface area (Å²) in [6, 6.07) is 0. The minimum atomic E-state index is -1.57. The van der Waals surface area contributed by atoms with E-state index in [0.717, 1.165) is 18.2 Å². The molecule has 0 aromatic rings. The molecule has 0 saturated carbocycles. The van der Waals surface area contributed by atoms with E-state index in [1.165, 1.54) is 12.2 Å². The summed E-state index contributed by atoms with van der Waals surface area (Å²) < 4.78 is 4.41. The molecule has 0 unspecified atom stereocenters. The minimum absolute atomic E-state index is 0.203. The Morgan fingerprint density at radius 1 is 1.14 bits per heavy atom. The van der Waals surface area contributed by atoms with Gasteiger partial charge in [-0.2, -0.15) is 0 Å². The van der Waals surface area contributed by atoms with Gasteiger partial charge in [-0.3, -0.25) is 14.4 Å². The average molecular weight is 308 g/mol. The third-order valence-corrected chi connectivity index (χ3v) is 2.23. The SMILES string of the molecule is CC(C)C(=O)C=CCC(=O)C(=O)OC(=CC=CC=O)C(=O)O. The van der Waals surface area contributed by atoms with Gasteiger partial charge in [-0.25, -0.2) is 9.59 Å². The number of allylic oxidation sites excluding steroid dienone is 5. The number of carboxylic acids is 1. The number of aldehydes is 1. The quantitative estimate of drug-likeness (QED) is 0.169. The van der Waals surface area contributed by atoms with E-state index in [-0.39, 0.29) is 18.1 Å². The van der Waals surface area contributed by atoms with E-state index in [2.05, 4.69) is 4.74 Å². The molecule has 0 aromatic heterocycles. The van der Waals surface area contributed by atoms with Crippen LogP contribution >= 0.6 is 0 Å². The zero-order valence-electron chi connectivity index (χ0n) is 12.1. The molecule has 0 atom stereocenters. The predicted octanol–water partition coefficient (Wildman–Crippen LogP) is 0.994. The second kappa shape index (κ2) is 9.98. The van der Waals surface area contributed by atoms with Crippen LogP contribution in [0, 0.1) is 5.92 Å². The first kappa shape index (κ1) is 19.2. The monoisotopic (exact) mass is 308 g/mol. The number of rotatable bonds is 9. The minimum Gasteiger partial charge on any atom is -0.475 e. The van der Waals surface area contributed by atoms with Crippen LogP contribution in [0.3, 0.4) is 0 Å². The van der Waals surface area contributed by atoms with Gasteiger partial charge in [0.1, 0.15) is 6.29 Å². The zero-order chi connectivity index (χ0) is 17.1. The van der Waals surface area contributed by atoms with E-state index in [1.807, 2.05) is 0 Å². The Kier molecular flexibility index (Phi) is 8.69. The van der Waals surface area contributed by atoms with E-state index in [4.69, 9.17) is 5.11 Å². The summed E-state index contributed by atoms with van der Waals surface area (Å²) >= 11 is 0. The summed E-state index contributed by atoms with van der Waals surface area (Å²) in [5.74, 6) is -5.16. The molecule has 0 aliphatic carbocycles. The summed E-state index contributed by atoms with van der Waals surface area (Å²) in [6.45, 7) is 3.36. The second-order valence-electron chi connectivity index (χ2n) is 4.33. The Morgan fingerprint density at radius 2 is 1.77 bits per heavy atom. The molecule has 0 bridgehead atoms. The molecule has 1 N–H and O–H groups in total. The number of Topliss-reactive ketones (excluding diaryl/α,β-unsaturated/α-hetero) is 1. The first-order chi connectivity index (χ1) is 10.3. The summed E-state index contributed by atoms with van der Waals surface area (Å²) in [7, 11) is 0. The van der Waals surface area contributed by atoms with Crippen molar-refractivity contribution in [2.45, 2.75) is 20.3 Å². The van der Waals surface area contributed by atoms with Gasteiger partial charge in [0.15, 0.2) is 5.78 Å². The van der Waals surface area contributed by atoms with Gasteiger partial charge in [0.2, 0.25) is 11.5 Å². The largest absolute Gasteiger partial charge is 0.475 e. The average Bonchev–Trinajstić information content (AvgIpc) is 2.45. The lowest BCUT2D eigenvalue weighted by atomic mass is 10.1. The molecule has 0 fully saturated rings. The molecule has 0 saturated heterocycles. The molecule has 0 aliphatic heterocycles. The van der Waals surface area contributed by atoms with Crippen LogP contribution in [-0.4, -0.2) is 34.9 Å². The number of ether oxygens (including phenoxy) is 1. The van der Waals surface area contributed by atoms with Gasteiger partial charge in [0.25, 0.3) is 0 Å². The highest BCUT2D eigenvalue weighted by Gasteiger charge is 2.19. The standard InChI is InChI=1S/C15H16O7/c1-10(2)11(17)6-5-7-12(18)15(21)22-13(14(19)20)8-3-4-9-16/h3-6,8-10H,7H2,1-2H3,(H,19,20). The molecular formula is C15H16O7. The number of hydrogen-bond acceptors (Lipinski definition) is 6. The Morgan fingerprint density at radius 3 is 2.27 bits per heavy atom. The van der Waals surface area contributed by atoms with E-state index >= 15 is 0 Å². The number of carbonyl (C=O) groups excluding carboxylic acids is 4. The first-order valence-electron chi connectivity index (χ1n) is 6.30. The number of hydrogen-bond donors (Lipinski definition) is 1. The first-order valence-corrected chi connectivity index (χ1v) is 6.30.